The Bertz CT molecular complexity index is 1230. The van der Waals surface area contributed by atoms with Gasteiger partial charge in [-0.2, -0.15) is 5.10 Å². The lowest BCUT2D eigenvalue weighted by Crippen LogP contribution is -2.16. The zero-order chi connectivity index (χ0) is 21.1. The van der Waals surface area contributed by atoms with Gasteiger partial charge < -0.3 is 13.6 Å². The summed E-state index contributed by atoms with van der Waals surface area (Å²) in [6, 6.07) is 17.8. The van der Waals surface area contributed by atoms with Gasteiger partial charge >= 0.3 is 11.9 Å². The van der Waals surface area contributed by atoms with Crippen molar-refractivity contribution >= 4 is 29.1 Å². The van der Waals surface area contributed by atoms with Gasteiger partial charge in [0.1, 0.15) is 17.1 Å². The Kier molecular flexibility index (Phi) is 5.17. The molecule has 4 aromatic rings. The van der Waals surface area contributed by atoms with Crippen LogP contribution in [0, 0.1) is 6.92 Å². The average molecular weight is 402 g/mol. The van der Waals surface area contributed by atoms with Crippen LogP contribution in [-0.2, 0) is 4.74 Å². The highest BCUT2D eigenvalue weighted by molar-refractivity contribution is 5.96. The van der Waals surface area contributed by atoms with E-state index in [9.17, 15) is 9.59 Å². The topological polar surface area (TPSA) is 94.0 Å². The number of furan rings is 2. The van der Waals surface area contributed by atoms with Gasteiger partial charge in [0.05, 0.1) is 18.9 Å². The van der Waals surface area contributed by atoms with Crippen LogP contribution in [0.25, 0.3) is 22.3 Å². The standard InChI is InChI=1S/C23H18N2O5/c1-14-11-16(23(27)28-2)7-9-18(14)20-10-8-17(29-20)13-24-25-22(26)21-12-15-5-3-4-6-19(15)30-21/h3-13H,1-2H3,(H,25,26)/b24-13+. The summed E-state index contributed by atoms with van der Waals surface area (Å²) < 4.78 is 16.0. The van der Waals surface area contributed by atoms with Gasteiger partial charge in [0.25, 0.3) is 0 Å². The molecule has 7 heteroatoms. The van der Waals surface area contributed by atoms with Gasteiger partial charge in [0.2, 0.25) is 0 Å². The van der Waals surface area contributed by atoms with Gasteiger partial charge in [-0.15, -0.1) is 0 Å². The molecule has 2 aromatic carbocycles. The van der Waals surface area contributed by atoms with E-state index in [0.29, 0.717) is 22.7 Å². The van der Waals surface area contributed by atoms with E-state index in [1.165, 1.54) is 13.3 Å². The predicted molar refractivity (Wildman–Crippen MR) is 111 cm³/mol. The number of hydrogen-bond donors (Lipinski definition) is 1. The first-order chi connectivity index (χ1) is 14.5. The van der Waals surface area contributed by atoms with E-state index >= 15 is 0 Å². The number of methoxy groups -OCH3 is 1. The lowest BCUT2D eigenvalue weighted by molar-refractivity contribution is 0.0600. The van der Waals surface area contributed by atoms with Crippen LogP contribution < -0.4 is 5.43 Å². The van der Waals surface area contributed by atoms with Crippen LogP contribution in [0.5, 0.6) is 0 Å². The summed E-state index contributed by atoms with van der Waals surface area (Å²) in [5.41, 5.74) is 5.24. The molecule has 0 spiro atoms. The quantitative estimate of drug-likeness (QED) is 0.300. The van der Waals surface area contributed by atoms with Gasteiger partial charge in [0.15, 0.2) is 5.76 Å². The van der Waals surface area contributed by atoms with E-state index in [1.54, 1.807) is 42.5 Å². The summed E-state index contributed by atoms with van der Waals surface area (Å²) in [7, 11) is 1.34. The molecule has 150 valence electrons. The molecule has 4 rings (SSSR count). The Morgan fingerprint density at radius 1 is 1.03 bits per heavy atom. The maximum absolute atomic E-state index is 12.2. The van der Waals surface area contributed by atoms with Gasteiger partial charge in [-0.05, 0) is 48.9 Å². The maximum atomic E-state index is 12.2. The minimum absolute atomic E-state index is 0.176. The molecular weight excluding hydrogens is 384 g/mol. The number of hydrazone groups is 1. The number of nitrogens with one attached hydrogen (secondary N) is 1. The molecule has 2 aromatic heterocycles. The van der Waals surface area contributed by atoms with Crippen LogP contribution in [0.2, 0.25) is 0 Å². The molecule has 0 aliphatic carbocycles. The van der Waals surface area contributed by atoms with Crippen LogP contribution in [0.3, 0.4) is 0 Å². The number of fused-ring (bicyclic) bond motifs is 1. The third-order valence-corrected chi connectivity index (χ3v) is 4.55. The lowest BCUT2D eigenvalue weighted by atomic mass is 10.0. The second kappa shape index (κ2) is 8.08. The van der Waals surface area contributed by atoms with E-state index < -0.39 is 11.9 Å². The third-order valence-electron chi connectivity index (χ3n) is 4.55. The molecule has 0 unspecified atom stereocenters. The number of benzene rings is 2. The zero-order valence-corrected chi connectivity index (χ0v) is 16.3. The fourth-order valence-corrected chi connectivity index (χ4v) is 3.06. The van der Waals surface area contributed by atoms with Crippen LogP contribution in [0.4, 0.5) is 0 Å². The molecule has 0 radical (unpaired) electrons. The normalized spacial score (nSPS) is 11.1. The van der Waals surface area contributed by atoms with Crippen molar-refractivity contribution in [3.8, 4) is 11.3 Å². The maximum Gasteiger partial charge on any atom is 0.337 e. The number of para-hydroxylation sites is 1. The smallest absolute Gasteiger partial charge is 0.337 e. The zero-order valence-electron chi connectivity index (χ0n) is 16.3. The van der Waals surface area contributed by atoms with Crippen molar-refractivity contribution in [2.45, 2.75) is 6.92 Å². The minimum atomic E-state index is -0.455. The minimum Gasteiger partial charge on any atom is -0.465 e. The summed E-state index contributed by atoms with van der Waals surface area (Å²) in [4.78, 5) is 23.8. The Morgan fingerprint density at radius 2 is 1.87 bits per heavy atom. The summed E-state index contributed by atoms with van der Waals surface area (Å²) in [6.45, 7) is 1.88. The van der Waals surface area contributed by atoms with Crippen molar-refractivity contribution < 1.29 is 23.2 Å². The van der Waals surface area contributed by atoms with Crippen molar-refractivity contribution in [1.29, 1.82) is 0 Å². The van der Waals surface area contributed by atoms with Crippen molar-refractivity contribution in [2.24, 2.45) is 5.10 Å². The first-order valence-electron chi connectivity index (χ1n) is 9.16. The highest BCUT2D eigenvalue weighted by Crippen LogP contribution is 2.26. The van der Waals surface area contributed by atoms with Crippen LogP contribution in [-0.4, -0.2) is 25.2 Å². The number of hydrogen-bond acceptors (Lipinski definition) is 6. The SMILES string of the molecule is COC(=O)c1ccc(-c2ccc(/C=N/NC(=O)c3cc4ccccc4o3)o2)c(C)c1. The second-order valence-electron chi connectivity index (χ2n) is 6.57. The lowest BCUT2D eigenvalue weighted by Gasteiger charge is -2.05. The van der Waals surface area contributed by atoms with Crippen LogP contribution in [0.1, 0.15) is 32.2 Å². The molecule has 0 aliphatic rings. The molecule has 7 nitrogen and oxygen atoms in total. The Hall–Kier alpha value is -4.13. The third kappa shape index (κ3) is 3.86. The van der Waals surface area contributed by atoms with Crippen molar-refractivity contribution in [2.75, 3.05) is 7.11 Å². The predicted octanol–water partition coefficient (Wildman–Crippen LogP) is 4.55. The largest absolute Gasteiger partial charge is 0.465 e. The molecule has 0 saturated carbocycles. The Labute approximate surface area is 171 Å². The second-order valence-corrected chi connectivity index (χ2v) is 6.57. The molecule has 0 aliphatic heterocycles. The molecule has 0 atom stereocenters. The number of carbonyl (C=O) groups excluding carboxylic acids is 2. The first-order valence-corrected chi connectivity index (χ1v) is 9.16. The van der Waals surface area contributed by atoms with Gasteiger partial charge in [-0.3, -0.25) is 4.79 Å². The van der Waals surface area contributed by atoms with E-state index in [-0.39, 0.29) is 5.76 Å². The highest BCUT2D eigenvalue weighted by atomic mass is 16.5. The van der Waals surface area contributed by atoms with Gasteiger partial charge in [-0.25, -0.2) is 10.2 Å². The van der Waals surface area contributed by atoms with Crippen molar-refractivity contribution in [3.63, 3.8) is 0 Å². The van der Waals surface area contributed by atoms with Crippen LogP contribution in [0.15, 0.2) is 74.6 Å². The van der Waals surface area contributed by atoms with Gasteiger partial charge in [-0.1, -0.05) is 24.3 Å². The van der Waals surface area contributed by atoms with Crippen molar-refractivity contribution in [3.05, 3.63) is 83.3 Å². The molecule has 0 bridgehead atoms. The highest BCUT2D eigenvalue weighted by Gasteiger charge is 2.12. The van der Waals surface area contributed by atoms with E-state index in [1.807, 2.05) is 25.1 Å². The Balaban J connectivity index is 1.44. The summed E-state index contributed by atoms with van der Waals surface area (Å²) >= 11 is 0. The molecule has 1 N–H and O–H groups in total. The van der Waals surface area contributed by atoms with E-state index in [2.05, 4.69) is 10.5 Å². The molecule has 1 amide bonds. The molecule has 0 fully saturated rings. The summed E-state index contributed by atoms with van der Waals surface area (Å²) in [6.07, 6.45) is 1.40. The number of rotatable bonds is 5. The molecule has 30 heavy (non-hydrogen) atoms. The summed E-state index contributed by atoms with van der Waals surface area (Å²) in [5, 5.41) is 4.77. The molecular formula is C23H18N2O5. The first kappa shape index (κ1) is 19.2. The average Bonchev–Trinajstić information content (AvgIpc) is 3.40. The van der Waals surface area contributed by atoms with E-state index in [0.717, 1.165) is 16.5 Å². The van der Waals surface area contributed by atoms with Crippen molar-refractivity contribution in [1.82, 2.24) is 5.43 Å². The fourth-order valence-electron chi connectivity index (χ4n) is 3.06. The number of esters is 1. The number of nitrogens with zero attached hydrogens (tertiary/aromatic N) is 1. The molecule has 2 heterocycles. The van der Waals surface area contributed by atoms with Crippen LogP contribution >= 0.6 is 0 Å². The fraction of sp³-hybridized carbons (Fsp3) is 0.0870. The van der Waals surface area contributed by atoms with Gasteiger partial charge in [0, 0.05) is 10.9 Å². The number of amides is 1. The Morgan fingerprint density at radius 3 is 2.63 bits per heavy atom. The molecule has 0 saturated heterocycles. The number of aryl methyl sites for hydroxylation is 1. The monoisotopic (exact) mass is 402 g/mol. The number of carbonyl (C=O) groups is 2. The number of ether oxygens (including phenoxy) is 1. The summed E-state index contributed by atoms with van der Waals surface area (Å²) in [5.74, 6) is 0.413. The van der Waals surface area contributed by atoms with E-state index in [4.69, 9.17) is 13.6 Å².